The Kier molecular flexibility index (Phi) is 8.34. The van der Waals surface area contributed by atoms with Crippen LogP contribution in [0.25, 0.3) is 6.08 Å². The molecule has 0 fully saturated rings. The highest BCUT2D eigenvalue weighted by Gasteiger charge is 2.36. The highest BCUT2D eigenvalue weighted by molar-refractivity contribution is 7.60. The Morgan fingerprint density at radius 3 is 2.19 bits per heavy atom. The Morgan fingerprint density at radius 2 is 1.77 bits per heavy atom. The molecule has 1 aromatic rings. The van der Waals surface area contributed by atoms with Gasteiger partial charge in [-0.05, 0) is 45.3 Å². The van der Waals surface area contributed by atoms with Crippen LogP contribution in [0.2, 0.25) is 0 Å². The van der Waals surface area contributed by atoms with Crippen LogP contribution in [0.3, 0.4) is 0 Å². The fourth-order valence-corrected chi connectivity index (χ4v) is 4.24. The first kappa shape index (κ1) is 22.2. The summed E-state index contributed by atoms with van der Waals surface area (Å²) in [6, 6.07) is 5.74. The lowest BCUT2D eigenvalue weighted by atomic mass is 10.2. The summed E-state index contributed by atoms with van der Waals surface area (Å²) in [4.78, 5) is 22.6. The molecular weight excluding hydrogens is 357 g/mol. The minimum Gasteiger partial charge on any atom is -0.302 e. The maximum absolute atomic E-state index is 13.4. The van der Waals surface area contributed by atoms with Gasteiger partial charge in [-0.3, -0.25) is 19.5 Å². The molecule has 26 heavy (non-hydrogen) atoms. The molecule has 0 saturated heterocycles. The molecule has 0 N–H and O–H groups in total. The van der Waals surface area contributed by atoms with Gasteiger partial charge in [0.15, 0.2) is 5.78 Å². The first-order valence-electron chi connectivity index (χ1n) is 8.57. The Labute approximate surface area is 154 Å². The average Bonchev–Trinajstić information content (AvgIpc) is 2.59. The van der Waals surface area contributed by atoms with E-state index < -0.39 is 18.3 Å². The molecule has 1 aromatic carbocycles. The minimum atomic E-state index is -3.89. The molecule has 0 aliphatic heterocycles. The van der Waals surface area contributed by atoms with Gasteiger partial charge in [-0.25, -0.2) is 0 Å². The van der Waals surface area contributed by atoms with E-state index in [1.165, 1.54) is 31.2 Å². The molecule has 7 nitrogen and oxygen atoms in total. The first-order valence-corrected chi connectivity index (χ1v) is 10.1. The van der Waals surface area contributed by atoms with Crippen LogP contribution in [0.5, 0.6) is 0 Å². The predicted octanol–water partition coefficient (Wildman–Crippen LogP) is 5.35. The van der Waals surface area contributed by atoms with E-state index in [1.807, 2.05) is 13.8 Å². The second-order valence-corrected chi connectivity index (χ2v) is 7.98. The molecule has 1 rings (SSSR count). The molecule has 2 unspecified atom stereocenters. The smallest absolute Gasteiger partial charge is 0.302 e. The van der Waals surface area contributed by atoms with Crippen LogP contribution in [0.15, 0.2) is 29.6 Å². The number of carbonyl (C=O) groups excluding carboxylic acids is 1. The molecule has 0 amide bonds. The van der Waals surface area contributed by atoms with Gasteiger partial charge in [0.25, 0.3) is 5.69 Å². The Hall–Kier alpha value is -1.82. The summed E-state index contributed by atoms with van der Waals surface area (Å²) in [5.74, 6) is -0.466. The van der Waals surface area contributed by atoms with Gasteiger partial charge in [0.2, 0.25) is 0 Å². The van der Waals surface area contributed by atoms with Crippen LogP contribution in [0.4, 0.5) is 5.69 Å². The molecule has 0 aliphatic rings. The van der Waals surface area contributed by atoms with Crippen molar-refractivity contribution in [2.24, 2.45) is 0 Å². The van der Waals surface area contributed by atoms with Crippen molar-refractivity contribution >= 4 is 25.1 Å². The summed E-state index contributed by atoms with van der Waals surface area (Å²) < 4.78 is 24.7. The van der Waals surface area contributed by atoms with Crippen molar-refractivity contribution in [2.75, 3.05) is 0 Å². The fraction of sp³-hybridized carbons (Fsp3) is 0.500. The molecule has 0 aromatic heterocycles. The molecule has 144 valence electrons. The Balaban J connectivity index is 3.43. The topological polar surface area (TPSA) is 95.7 Å². The number of nitro groups is 1. The van der Waals surface area contributed by atoms with Crippen molar-refractivity contribution in [3.05, 3.63) is 45.3 Å². The monoisotopic (exact) mass is 383 g/mol. The second kappa shape index (κ2) is 9.76. The van der Waals surface area contributed by atoms with Gasteiger partial charge < -0.3 is 9.05 Å². The normalized spacial score (nSPS) is 16.6. The summed E-state index contributed by atoms with van der Waals surface area (Å²) in [7, 11) is -3.89. The predicted molar refractivity (Wildman–Crippen MR) is 101 cm³/mol. The second-order valence-electron chi connectivity index (χ2n) is 6.08. The molecule has 0 radical (unpaired) electrons. The number of carbonyl (C=O) groups is 1. The third kappa shape index (κ3) is 6.16. The van der Waals surface area contributed by atoms with Crippen molar-refractivity contribution in [3.63, 3.8) is 0 Å². The van der Waals surface area contributed by atoms with Gasteiger partial charge in [-0.2, -0.15) is 0 Å². The minimum absolute atomic E-state index is 0.112. The van der Waals surface area contributed by atoms with Gasteiger partial charge >= 0.3 is 7.60 Å². The SMILES string of the molecule is CCC(C)OP(=O)(OC(C)CC)/C(=C/c1cccc([N+](=O)[O-])c1)C(C)=O. The van der Waals surface area contributed by atoms with E-state index in [1.54, 1.807) is 19.9 Å². The zero-order chi connectivity index (χ0) is 19.9. The van der Waals surface area contributed by atoms with Crippen molar-refractivity contribution in [3.8, 4) is 0 Å². The van der Waals surface area contributed by atoms with Crippen LogP contribution in [0, 0.1) is 10.1 Å². The Morgan fingerprint density at radius 1 is 1.23 bits per heavy atom. The van der Waals surface area contributed by atoms with Crippen LogP contribution in [0.1, 0.15) is 53.0 Å². The molecule has 0 spiro atoms. The largest absolute Gasteiger partial charge is 0.365 e. The number of Topliss-reactive ketones (excluding diaryl/α,β-unsaturated/α-hetero) is 1. The summed E-state index contributed by atoms with van der Waals surface area (Å²) >= 11 is 0. The molecule has 0 heterocycles. The van der Waals surface area contributed by atoms with Crippen molar-refractivity contribution < 1.29 is 23.3 Å². The number of nitrogens with zero attached hydrogens (tertiary/aromatic N) is 1. The lowest BCUT2D eigenvalue weighted by molar-refractivity contribution is -0.384. The number of benzene rings is 1. The number of hydrogen-bond acceptors (Lipinski definition) is 6. The van der Waals surface area contributed by atoms with Crippen LogP contribution in [-0.4, -0.2) is 22.9 Å². The number of rotatable bonds is 10. The van der Waals surface area contributed by atoms with E-state index in [-0.39, 0.29) is 23.2 Å². The van der Waals surface area contributed by atoms with Crippen LogP contribution >= 0.6 is 7.60 Å². The summed E-state index contributed by atoms with van der Waals surface area (Å²) in [6.07, 6.45) is 1.78. The zero-order valence-corrected chi connectivity index (χ0v) is 16.7. The molecule has 0 bridgehead atoms. The molecule has 0 saturated carbocycles. The quantitative estimate of drug-likeness (QED) is 0.234. The van der Waals surface area contributed by atoms with Crippen LogP contribution in [-0.2, 0) is 18.4 Å². The molecular formula is C18H26NO6P. The van der Waals surface area contributed by atoms with Gasteiger partial charge in [-0.15, -0.1) is 0 Å². The number of nitro benzene ring substituents is 1. The van der Waals surface area contributed by atoms with Gasteiger partial charge in [0.05, 0.1) is 17.1 Å². The van der Waals surface area contributed by atoms with Crippen LogP contribution < -0.4 is 0 Å². The molecule has 8 heteroatoms. The molecule has 0 aliphatic carbocycles. The maximum atomic E-state index is 13.4. The fourth-order valence-electron chi connectivity index (χ4n) is 2.02. The summed E-state index contributed by atoms with van der Waals surface area (Å²) in [5.41, 5.74) is 0.257. The Bertz CT molecular complexity index is 714. The lowest BCUT2D eigenvalue weighted by Gasteiger charge is -2.25. The van der Waals surface area contributed by atoms with E-state index in [2.05, 4.69) is 0 Å². The number of ketones is 1. The van der Waals surface area contributed by atoms with E-state index in [0.29, 0.717) is 18.4 Å². The van der Waals surface area contributed by atoms with E-state index in [0.717, 1.165) is 0 Å². The van der Waals surface area contributed by atoms with Gasteiger partial charge in [0.1, 0.15) is 5.31 Å². The van der Waals surface area contributed by atoms with Crippen molar-refractivity contribution in [2.45, 2.75) is 59.7 Å². The van der Waals surface area contributed by atoms with E-state index in [9.17, 15) is 19.5 Å². The molecule has 2 atom stereocenters. The van der Waals surface area contributed by atoms with Crippen molar-refractivity contribution in [1.82, 2.24) is 0 Å². The van der Waals surface area contributed by atoms with Crippen molar-refractivity contribution in [1.29, 1.82) is 0 Å². The zero-order valence-electron chi connectivity index (χ0n) is 15.8. The number of hydrogen-bond donors (Lipinski definition) is 0. The van der Waals surface area contributed by atoms with E-state index in [4.69, 9.17) is 9.05 Å². The highest BCUT2D eigenvalue weighted by Crippen LogP contribution is 2.59. The van der Waals surface area contributed by atoms with E-state index >= 15 is 0 Å². The standard InChI is InChI=1S/C18H26NO6P/c1-6-13(3)24-26(23,25-14(4)7-2)18(15(5)20)12-16-9-8-10-17(11-16)19(21)22/h8-14H,6-7H2,1-5H3/b18-12+. The first-order chi connectivity index (χ1) is 12.1. The third-order valence-electron chi connectivity index (χ3n) is 3.83. The third-order valence-corrected chi connectivity index (χ3v) is 6.14. The highest BCUT2D eigenvalue weighted by atomic mass is 31.2. The average molecular weight is 383 g/mol. The van der Waals surface area contributed by atoms with Gasteiger partial charge in [0, 0.05) is 12.1 Å². The number of non-ortho nitro benzene ring substituents is 1. The maximum Gasteiger partial charge on any atom is 0.365 e. The van der Waals surface area contributed by atoms with Gasteiger partial charge in [-0.1, -0.05) is 26.0 Å². The number of allylic oxidation sites excluding steroid dienone is 1. The lowest BCUT2D eigenvalue weighted by Crippen LogP contribution is -2.15. The summed E-state index contributed by atoms with van der Waals surface area (Å²) in [6.45, 7) is 8.51. The summed E-state index contributed by atoms with van der Waals surface area (Å²) in [5, 5.41) is 10.8.